The van der Waals surface area contributed by atoms with Crippen LogP contribution >= 0.6 is 0 Å². The van der Waals surface area contributed by atoms with Crippen LogP contribution in [0.1, 0.15) is 23.5 Å². The van der Waals surface area contributed by atoms with E-state index in [2.05, 4.69) is 26.1 Å². The van der Waals surface area contributed by atoms with Crippen LogP contribution in [0.25, 0.3) is 0 Å². The Morgan fingerprint density at radius 3 is 2.67 bits per heavy atom. The average Bonchev–Trinajstić information content (AvgIpc) is 3.12. The molecular formula is C19H16FN5O2. The van der Waals surface area contributed by atoms with E-state index >= 15 is 0 Å². The zero-order chi connectivity index (χ0) is 18.8. The Labute approximate surface area is 154 Å². The molecule has 3 amide bonds. The number of carbonyl (C=O) groups excluding carboxylic acids is 2. The molecule has 2 heterocycles. The van der Waals surface area contributed by atoms with Gasteiger partial charge < -0.3 is 16.0 Å². The van der Waals surface area contributed by atoms with Crippen LogP contribution < -0.4 is 16.0 Å². The molecule has 7 nitrogen and oxygen atoms in total. The third-order valence-corrected chi connectivity index (χ3v) is 4.39. The van der Waals surface area contributed by atoms with Gasteiger partial charge in [-0.2, -0.15) is 5.10 Å². The minimum atomic E-state index is -0.540. The molecule has 3 aromatic rings. The summed E-state index contributed by atoms with van der Waals surface area (Å²) in [4.78, 5) is 23.9. The first-order valence-corrected chi connectivity index (χ1v) is 8.36. The predicted octanol–water partition coefficient (Wildman–Crippen LogP) is 3.67. The number of rotatable bonds is 3. The van der Waals surface area contributed by atoms with E-state index in [9.17, 15) is 14.0 Å². The summed E-state index contributed by atoms with van der Waals surface area (Å²) in [6.45, 7) is 0. The van der Waals surface area contributed by atoms with E-state index in [4.69, 9.17) is 0 Å². The maximum absolute atomic E-state index is 13.6. The summed E-state index contributed by atoms with van der Waals surface area (Å²) in [6, 6.07) is 12.6. The van der Waals surface area contributed by atoms with Crippen LogP contribution in [0.5, 0.6) is 0 Å². The lowest BCUT2D eigenvalue weighted by atomic mass is 9.87. The molecule has 0 saturated carbocycles. The van der Waals surface area contributed by atoms with Gasteiger partial charge in [0.05, 0.1) is 11.9 Å². The van der Waals surface area contributed by atoms with Crippen LogP contribution in [0.4, 0.5) is 26.4 Å². The van der Waals surface area contributed by atoms with Crippen molar-refractivity contribution in [3.8, 4) is 0 Å². The van der Waals surface area contributed by atoms with Gasteiger partial charge in [-0.3, -0.25) is 9.89 Å². The van der Waals surface area contributed by atoms with Gasteiger partial charge in [0.25, 0.3) is 0 Å². The number of nitrogens with zero attached hydrogens (tertiary/aromatic N) is 1. The van der Waals surface area contributed by atoms with Crippen LogP contribution in [-0.4, -0.2) is 22.1 Å². The maximum atomic E-state index is 13.6. The molecule has 1 unspecified atom stereocenters. The molecule has 0 spiro atoms. The molecule has 8 heteroatoms. The number of fused-ring (bicyclic) bond motifs is 1. The first-order valence-electron chi connectivity index (χ1n) is 8.36. The van der Waals surface area contributed by atoms with Crippen LogP contribution in [0.3, 0.4) is 0 Å². The highest BCUT2D eigenvalue weighted by molar-refractivity contribution is 5.99. The fourth-order valence-electron chi connectivity index (χ4n) is 3.09. The number of halogens is 1. The monoisotopic (exact) mass is 365 g/mol. The molecule has 1 aliphatic rings. The zero-order valence-corrected chi connectivity index (χ0v) is 14.1. The number of amides is 3. The first-order chi connectivity index (χ1) is 13.1. The highest BCUT2D eigenvalue weighted by atomic mass is 19.1. The number of hydrogen-bond donors (Lipinski definition) is 4. The first kappa shape index (κ1) is 16.8. The van der Waals surface area contributed by atoms with Gasteiger partial charge in [-0.1, -0.05) is 24.3 Å². The number of urea groups is 1. The Morgan fingerprint density at radius 2 is 1.89 bits per heavy atom. The maximum Gasteiger partial charge on any atom is 0.323 e. The van der Waals surface area contributed by atoms with E-state index in [0.29, 0.717) is 17.9 Å². The number of nitrogens with one attached hydrogen (secondary N) is 4. The number of carbonyl (C=O) groups is 2. The molecule has 1 aliphatic heterocycles. The summed E-state index contributed by atoms with van der Waals surface area (Å²) in [5.41, 5.74) is 2.52. The minimum Gasteiger partial charge on any atom is -0.311 e. The van der Waals surface area contributed by atoms with Crippen molar-refractivity contribution in [2.75, 3.05) is 16.0 Å². The Balaban J connectivity index is 1.46. The summed E-state index contributed by atoms with van der Waals surface area (Å²) < 4.78 is 13.6. The van der Waals surface area contributed by atoms with Crippen LogP contribution in [0.2, 0.25) is 0 Å². The second-order valence-corrected chi connectivity index (χ2v) is 6.19. The Hall–Kier alpha value is -3.68. The molecule has 2 aromatic carbocycles. The molecular weight excluding hydrogens is 349 g/mol. The molecule has 1 aromatic heterocycles. The van der Waals surface area contributed by atoms with Crippen molar-refractivity contribution < 1.29 is 14.0 Å². The van der Waals surface area contributed by atoms with E-state index < -0.39 is 11.8 Å². The largest absolute Gasteiger partial charge is 0.323 e. The van der Waals surface area contributed by atoms with E-state index in [1.807, 2.05) is 12.1 Å². The van der Waals surface area contributed by atoms with E-state index in [1.54, 1.807) is 30.5 Å². The lowest BCUT2D eigenvalue weighted by Gasteiger charge is -2.22. The van der Waals surface area contributed by atoms with Gasteiger partial charge >= 0.3 is 6.03 Å². The number of H-pyrrole nitrogens is 1. The SMILES string of the molecule is O=C1CC(c2ccc(NC(=O)Nc3ccccc3F)cc2)c2cn[nH]c2N1. The number of aromatic nitrogens is 2. The smallest absolute Gasteiger partial charge is 0.311 e. The topological polar surface area (TPSA) is 98.9 Å². The van der Waals surface area contributed by atoms with Crippen LogP contribution in [-0.2, 0) is 4.79 Å². The van der Waals surface area contributed by atoms with Gasteiger partial charge in [0.2, 0.25) is 5.91 Å². The van der Waals surface area contributed by atoms with E-state index in [-0.39, 0.29) is 17.5 Å². The molecule has 0 fully saturated rings. The van der Waals surface area contributed by atoms with E-state index in [0.717, 1.165) is 11.1 Å². The molecule has 4 N–H and O–H groups in total. The number of benzene rings is 2. The van der Waals surface area contributed by atoms with Crippen LogP contribution in [0.15, 0.2) is 54.7 Å². The Kier molecular flexibility index (Phi) is 4.29. The van der Waals surface area contributed by atoms with Gasteiger partial charge in [-0.15, -0.1) is 0 Å². The normalized spacial score (nSPS) is 15.6. The van der Waals surface area contributed by atoms with Crippen molar-refractivity contribution in [3.63, 3.8) is 0 Å². The predicted molar refractivity (Wildman–Crippen MR) is 99.2 cm³/mol. The molecule has 0 aliphatic carbocycles. The fourth-order valence-corrected chi connectivity index (χ4v) is 3.09. The van der Waals surface area contributed by atoms with Crippen molar-refractivity contribution >= 4 is 29.1 Å². The summed E-state index contributed by atoms with van der Waals surface area (Å²) in [7, 11) is 0. The second kappa shape index (κ2) is 6.91. The number of aromatic amines is 1. The number of anilines is 3. The summed E-state index contributed by atoms with van der Waals surface area (Å²) in [5, 5.41) is 14.6. The molecule has 136 valence electrons. The fraction of sp³-hybridized carbons (Fsp3) is 0.105. The van der Waals surface area contributed by atoms with Gasteiger partial charge in [0, 0.05) is 23.6 Å². The molecule has 0 saturated heterocycles. The van der Waals surface area contributed by atoms with Crippen molar-refractivity contribution in [2.24, 2.45) is 0 Å². The molecule has 0 bridgehead atoms. The summed E-state index contributed by atoms with van der Waals surface area (Å²) in [6.07, 6.45) is 2.03. The number of para-hydroxylation sites is 1. The third-order valence-electron chi connectivity index (χ3n) is 4.39. The lowest BCUT2D eigenvalue weighted by Crippen LogP contribution is -2.23. The molecule has 1 atom stereocenters. The van der Waals surface area contributed by atoms with E-state index in [1.165, 1.54) is 12.1 Å². The average molecular weight is 365 g/mol. The van der Waals surface area contributed by atoms with Crippen molar-refractivity contribution in [1.29, 1.82) is 0 Å². The van der Waals surface area contributed by atoms with Crippen molar-refractivity contribution in [1.82, 2.24) is 10.2 Å². The second-order valence-electron chi connectivity index (χ2n) is 6.19. The van der Waals surface area contributed by atoms with Crippen LogP contribution in [0, 0.1) is 5.82 Å². The molecule has 0 radical (unpaired) electrons. The van der Waals surface area contributed by atoms with Gasteiger partial charge in [-0.05, 0) is 29.8 Å². The highest BCUT2D eigenvalue weighted by Crippen LogP contribution is 2.35. The van der Waals surface area contributed by atoms with Crippen molar-refractivity contribution in [2.45, 2.75) is 12.3 Å². The lowest BCUT2D eigenvalue weighted by molar-refractivity contribution is -0.116. The summed E-state index contributed by atoms with van der Waals surface area (Å²) in [5.74, 6) is -0.0748. The van der Waals surface area contributed by atoms with Gasteiger partial charge in [-0.25, -0.2) is 9.18 Å². The third kappa shape index (κ3) is 3.50. The Morgan fingerprint density at radius 1 is 1.11 bits per heavy atom. The quantitative estimate of drug-likeness (QED) is 0.570. The van der Waals surface area contributed by atoms with Gasteiger partial charge in [0.1, 0.15) is 11.6 Å². The zero-order valence-electron chi connectivity index (χ0n) is 14.1. The Bertz CT molecular complexity index is 999. The highest BCUT2D eigenvalue weighted by Gasteiger charge is 2.27. The molecule has 27 heavy (non-hydrogen) atoms. The number of hydrogen-bond acceptors (Lipinski definition) is 3. The summed E-state index contributed by atoms with van der Waals surface area (Å²) >= 11 is 0. The standard InChI is InChI=1S/C19H16FN5O2/c20-15-3-1-2-4-16(15)23-19(27)22-12-7-5-11(6-8-12)13-9-17(26)24-18-14(13)10-21-25-18/h1-8,10,13H,9H2,(H2,22,23,27)(H2,21,24,25,26). The molecule has 4 rings (SSSR count). The minimum absolute atomic E-state index is 0.0804. The van der Waals surface area contributed by atoms with Gasteiger partial charge in [0.15, 0.2) is 0 Å². The van der Waals surface area contributed by atoms with Crippen molar-refractivity contribution in [3.05, 3.63) is 71.7 Å².